The molecule has 1 N–H and O–H groups in total. The Balaban J connectivity index is 2.08. The summed E-state index contributed by atoms with van der Waals surface area (Å²) in [7, 11) is 1.59. The lowest BCUT2D eigenvalue weighted by Gasteiger charge is -2.03. The number of aromatic nitrogens is 2. The van der Waals surface area contributed by atoms with Crippen molar-refractivity contribution in [1.29, 1.82) is 0 Å². The zero-order valence-corrected chi connectivity index (χ0v) is 12.9. The van der Waals surface area contributed by atoms with Gasteiger partial charge in [-0.3, -0.25) is 10.1 Å². The lowest BCUT2D eigenvalue weighted by Crippen LogP contribution is -1.93. The smallest absolute Gasteiger partial charge is 0.281 e. The van der Waals surface area contributed by atoms with E-state index < -0.39 is 4.92 Å². The minimum absolute atomic E-state index is 0.0935. The van der Waals surface area contributed by atoms with Crippen LogP contribution >= 0.6 is 11.6 Å². The standard InChI is InChI=1S/C16H12ClN3O3/c1-23-11-5-2-4-10(8-11)13-9-18-16(19-13)15-12(17)6-3-7-14(15)20(21)22/h2-9H,1H3,(H,18,19). The van der Waals surface area contributed by atoms with Crippen LogP contribution in [0.25, 0.3) is 22.6 Å². The number of methoxy groups -OCH3 is 1. The molecule has 0 bridgehead atoms. The summed E-state index contributed by atoms with van der Waals surface area (Å²) in [6, 6.07) is 12.0. The Morgan fingerprint density at radius 2 is 2.04 bits per heavy atom. The number of nitro benzene ring substituents is 1. The summed E-state index contributed by atoms with van der Waals surface area (Å²) in [6.45, 7) is 0. The van der Waals surface area contributed by atoms with Gasteiger partial charge in [0.05, 0.1) is 28.9 Å². The van der Waals surface area contributed by atoms with Gasteiger partial charge in [0.15, 0.2) is 0 Å². The number of benzene rings is 2. The molecular weight excluding hydrogens is 318 g/mol. The van der Waals surface area contributed by atoms with E-state index in [1.54, 1.807) is 19.4 Å². The minimum Gasteiger partial charge on any atom is -0.497 e. The van der Waals surface area contributed by atoms with Gasteiger partial charge >= 0.3 is 0 Å². The number of nitro groups is 1. The molecule has 3 aromatic rings. The molecule has 0 atom stereocenters. The zero-order valence-electron chi connectivity index (χ0n) is 12.1. The molecule has 0 saturated carbocycles. The van der Waals surface area contributed by atoms with Crippen LogP contribution in [0.15, 0.2) is 48.7 Å². The Morgan fingerprint density at radius 3 is 2.78 bits per heavy atom. The highest BCUT2D eigenvalue weighted by atomic mass is 35.5. The lowest BCUT2D eigenvalue weighted by atomic mass is 10.1. The molecule has 2 aromatic carbocycles. The van der Waals surface area contributed by atoms with Gasteiger partial charge in [-0.2, -0.15) is 0 Å². The number of hydrogen-bond donors (Lipinski definition) is 1. The fourth-order valence-electron chi connectivity index (χ4n) is 2.28. The Morgan fingerprint density at radius 1 is 1.26 bits per heavy atom. The van der Waals surface area contributed by atoms with Gasteiger partial charge in [0.1, 0.15) is 17.1 Å². The number of nitrogens with one attached hydrogen (secondary N) is 1. The van der Waals surface area contributed by atoms with Gasteiger partial charge in [0.25, 0.3) is 5.69 Å². The molecule has 0 amide bonds. The van der Waals surface area contributed by atoms with Crippen LogP contribution in [0.4, 0.5) is 5.69 Å². The lowest BCUT2D eigenvalue weighted by molar-refractivity contribution is -0.384. The predicted octanol–water partition coefficient (Wildman–Crippen LogP) is 4.31. The first-order chi connectivity index (χ1) is 11.1. The molecule has 6 nitrogen and oxygen atoms in total. The van der Waals surface area contributed by atoms with Crippen LogP contribution in [0.5, 0.6) is 5.75 Å². The normalized spacial score (nSPS) is 10.5. The molecule has 3 rings (SSSR count). The number of aromatic amines is 1. The van der Waals surface area contributed by atoms with Gasteiger partial charge in [0, 0.05) is 11.6 Å². The second-order valence-corrected chi connectivity index (χ2v) is 5.18. The second kappa shape index (κ2) is 6.10. The third-order valence-electron chi connectivity index (χ3n) is 3.38. The van der Waals surface area contributed by atoms with Crippen LogP contribution in [0.3, 0.4) is 0 Å². The Hall–Kier alpha value is -2.86. The van der Waals surface area contributed by atoms with E-state index in [2.05, 4.69) is 9.97 Å². The highest BCUT2D eigenvalue weighted by molar-refractivity contribution is 6.33. The third-order valence-corrected chi connectivity index (χ3v) is 3.70. The first kappa shape index (κ1) is 15.1. The highest BCUT2D eigenvalue weighted by Crippen LogP contribution is 2.35. The number of halogens is 1. The topological polar surface area (TPSA) is 81.1 Å². The van der Waals surface area contributed by atoms with Gasteiger partial charge in [-0.1, -0.05) is 29.8 Å². The Bertz CT molecular complexity index is 877. The molecule has 0 radical (unpaired) electrons. The molecule has 7 heteroatoms. The number of ether oxygens (including phenoxy) is 1. The summed E-state index contributed by atoms with van der Waals surface area (Å²) in [5.74, 6) is 1.06. The molecular formula is C16H12ClN3O3. The Labute approximate surface area is 136 Å². The molecule has 0 aliphatic carbocycles. The van der Waals surface area contributed by atoms with Crippen molar-refractivity contribution in [2.24, 2.45) is 0 Å². The molecule has 0 fully saturated rings. The second-order valence-electron chi connectivity index (χ2n) is 4.77. The van der Waals surface area contributed by atoms with Crippen molar-refractivity contribution in [2.45, 2.75) is 0 Å². The summed E-state index contributed by atoms with van der Waals surface area (Å²) >= 11 is 6.13. The van der Waals surface area contributed by atoms with Crippen molar-refractivity contribution in [3.05, 3.63) is 63.8 Å². The maximum atomic E-state index is 11.2. The van der Waals surface area contributed by atoms with Crippen LogP contribution in [0.1, 0.15) is 0 Å². The van der Waals surface area contributed by atoms with E-state index in [-0.39, 0.29) is 16.3 Å². The van der Waals surface area contributed by atoms with Gasteiger partial charge < -0.3 is 9.72 Å². The monoisotopic (exact) mass is 329 g/mol. The van der Waals surface area contributed by atoms with Crippen molar-refractivity contribution < 1.29 is 9.66 Å². The number of nitrogens with zero attached hydrogens (tertiary/aromatic N) is 2. The average Bonchev–Trinajstić information content (AvgIpc) is 3.04. The molecule has 0 saturated heterocycles. The van der Waals surface area contributed by atoms with Crippen LogP contribution in [0.2, 0.25) is 5.02 Å². The molecule has 0 spiro atoms. The van der Waals surface area contributed by atoms with Gasteiger partial charge in [-0.25, -0.2) is 4.98 Å². The van der Waals surface area contributed by atoms with Crippen LogP contribution in [-0.2, 0) is 0 Å². The first-order valence-corrected chi connectivity index (χ1v) is 7.10. The quantitative estimate of drug-likeness (QED) is 0.571. The number of hydrogen-bond acceptors (Lipinski definition) is 4. The van der Waals surface area contributed by atoms with Crippen molar-refractivity contribution in [1.82, 2.24) is 9.97 Å². The number of H-pyrrole nitrogens is 1. The maximum absolute atomic E-state index is 11.2. The van der Waals surface area contributed by atoms with E-state index in [0.29, 0.717) is 17.3 Å². The van der Waals surface area contributed by atoms with Gasteiger partial charge in [-0.15, -0.1) is 0 Å². The average molecular weight is 330 g/mol. The summed E-state index contributed by atoms with van der Waals surface area (Å²) < 4.78 is 5.19. The van der Waals surface area contributed by atoms with E-state index in [1.165, 1.54) is 12.1 Å². The van der Waals surface area contributed by atoms with Crippen LogP contribution in [0, 0.1) is 10.1 Å². The van der Waals surface area contributed by atoms with Gasteiger partial charge in [-0.05, 0) is 18.2 Å². The summed E-state index contributed by atoms with van der Waals surface area (Å²) in [6.07, 6.45) is 1.61. The molecule has 0 unspecified atom stereocenters. The summed E-state index contributed by atoms with van der Waals surface area (Å²) in [5.41, 5.74) is 1.75. The van der Waals surface area contributed by atoms with Crippen LogP contribution < -0.4 is 4.74 Å². The fourth-order valence-corrected chi connectivity index (χ4v) is 2.54. The SMILES string of the molecule is COc1cccc(-c2cnc(-c3c(Cl)cccc3[N+](=O)[O-])[nH]2)c1. The molecule has 1 aromatic heterocycles. The largest absolute Gasteiger partial charge is 0.497 e. The van der Waals surface area contributed by atoms with E-state index in [4.69, 9.17) is 16.3 Å². The number of rotatable bonds is 4. The van der Waals surface area contributed by atoms with E-state index in [0.717, 1.165) is 5.56 Å². The van der Waals surface area contributed by atoms with Crippen molar-refractivity contribution in [3.63, 3.8) is 0 Å². The van der Waals surface area contributed by atoms with E-state index in [1.807, 2.05) is 24.3 Å². The summed E-state index contributed by atoms with van der Waals surface area (Å²) in [5, 5.41) is 11.5. The summed E-state index contributed by atoms with van der Waals surface area (Å²) in [4.78, 5) is 18.0. The Kier molecular flexibility index (Phi) is 3.99. The van der Waals surface area contributed by atoms with E-state index >= 15 is 0 Å². The first-order valence-electron chi connectivity index (χ1n) is 6.73. The predicted molar refractivity (Wildman–Crippen MR) is 87.7 cm³/mol. The third kappa shape index (κ3) is 2.89. The van der Waals surface area contributed by atoms with E-state index in [9.17, 15) is 10.1 Å². The minimum atomic E-state index is -0.477. The molecule has 116 valence electrons. The van der Waals surface area contributed by atoms with Crippen molar-refractivity contribution in [3.8, 4) is 28.4 Å². The van der Waals surface area contributed by atoms with Crippen molar-refractivity contribution >= 4 is 17.3 Å². The maximum Gasteiger partial charge on any atom is 0.281 e. The number of imidazole rings is 1. The molecule has 0 aliphatic rings. The fraction of sp³-hybridized carbons (Fsp3) is 0.0625. The molecule has 1 heterocycles. The van der Waals surface area contributed by atoms with Crippen molar-refractivity contribution in [2.75, 3.05) is 7.11 Å². The zero-order chi connectivity index (χ0) is 16.4. The van der Waals surface area contributed by atoms with Crippen LogP contribution in [-0.4, -0.2) is 22.0 Å². The van der Waals surface area contributed by atoms with Gasteiger partial charge in [0.2, 0.25) is 0 Å². The molecule has 23 heavy (non-hydrogen) atoms. The highest BCUT2D eigenvalue weighted by Gasteiger charge is 2.21. The molecule has 0 aliphatic heterocycles.